The second-order valence-corrected chi connectivity index (χ2v) is 9.86. The molecule has 0 aliphatic heterocycles. The van der Waals surface area contributed by atoms with Gasteiger partial charge in [-0.1, -0.05) is 30.3 Å². The minimum atomic E-state index is -0.320. The lowest BCUT2D eigenvalue weighted by molar-refractivity contribution is 0.0956. The van der Waals surface area contributed by atoms with Crippen molar-refractivity contribution >= 4 is 34.8 Å². The molecule has 1 N–H and O–H groups in total. The summed E-state index contributed by atoms with van der Waals surface area (Å²) in [7, 11) is 1.66. The predicted molar refractivity (Wildman–Crippen MR) is 160 cm³/mol. The zero-order chi connectivity index (χ0) is 27.7. The van der Waals surface area contributed by atoms with E-state index in [4.69, 9.17) is 18.9 Å². The summed E-state index contributed by atoms with van der Waals surface area (Å²) in [6.07, 6.45) is 3.31. The summed E-state index contributed by atoms with van der Waals surface area (Å²) >= 11 is 1.73. The van der Waals surface area contributed by atoms with Gasteiger partial charge in [-0.2, -0.15) is 5.10 Å². The number of carbonyl (C=O) groups excluding carboxylic acids is 1. The number of methoxy groups -OCH3 is 1. The average molecular weight is 552 g/mol. The Morgan fingerprint density at radius 2 is 1.93 bits per heavy atom. The molecule has 0 saturated carbocycles. The molecule has 40 heavy (non-hydrogen) atoms. The van der Waals surface area contributed by atoms with Crippen molar-refractivity contribution in [3.8, 4) is 22.8 Å². The number of hydrogen-bond donors (Lipinski definition) is 1. The van der Waals surface area contributed by atoms with Gasteiger partial charge in [-0.3, -0.25) is 4.79 Å². The van der Waals surface area contributed by atoms with Crippen molar-refractivity contribution in [2.45, 2.75) is 18.4 Å². The number of amides is 1. The van der Waals surface area contributed by atoms with Gasteiger partial charge in [0.05, 0.1) is 48.7 Å². The van der Waals surface area contributed by atoms with Gasteiger partial charge in [-0.05, 0) is 67.1 Å². The van der Waals surface area contributed by atoms with E-state index in [0.717, 1.165) is 56.4 Å². The summed E-state index contributed by atoms with van der Waals surface area (Å²) in [6, 6.07) is 26.7. The topological polar surface area (TPSA) is 86.0 Å². The van der Waals surface area contributed by atoms with E-state index in [1.54, 1.807) is 37.4 Å². The highest BCUT2D eigenvalue weighted by Crippen LogP contribution is 2.28. The second kappa shape index (κ2) is 13.0. The van der Waals surface area contributed by atoms with Crippen molar-refractivity contribution in [1.82, 2.24) is 10.4 Å². The van der Waals surface area contributed by atoms with Crippen LogP contribution in [0.5, 0.6) is 11.5 Å². The van der Waals surface area contributed by atoms with Gasteiger partial charge < -0.3 is 13.9 Å². The minimum Gasteiger partial charge on any atom is -0.496 e. The third-order valence-electron chi connectivity index (χ3n) is 6.17. The molecule has 0 aliphatic carbocycles. The minimum absolute atomic E-state index is 0.320. The normalized spacial score (nSPS) is 11.2. The molecule has 5 rings (SSSR count). The average Bonchev–Trinajstić information content (AvgIpc) is 3.51. The predicted octanol–water partition coefficient (Wildman–Crippen LogP) is 7.10. The van der Waals surface area contributed by atoms with Gasteiger partial charge in [0.1, 0.15) is 17.3 Å². The fraction of sp³-hybridized carbons (Fsp3) is 0.156. The maximum atomic E-state index is 13.3. The third kappa shape index (κ3) is 6.52. The van der Waals surface area contributed by atoms with Gasteiger partial charge in [-0.15, -0.1) is 11.8 Å². The van der Waals surface area contributed by atoms with Crippen LogP contribution in [-0.4, -0.2) is 30.8 Å². The summed E-state index contributed by atoms with van der Waals surface area (Å²) < 4.78 is 16.6. The highest BCUT2D eigenvalue weighted by atomic mass is 32.2. The van der Waals surface area contributed by atoms with Gasteiger partial charge in [0, 0.05) is 22.3 Å². The largest absolute Gasteiger partial charge is 0.496 e. The Balaban J connectivity index is 1.34. The number of para-hydroxylation sites is 1. The SMILES string of the molecule is CCOc1cccc(-c2cc(C(=O)N/N=C\c3ccc(OC)c(CSCc4ccco4)c3)c3ccccc3n2)c1. The fourth-order valence-electron chi connectivity index (χ4n) is 4.30. The Kier molecular flexibility index (Phi) is 8.78. The van der Waals surface area contributed by atoms with Crippen LogP contribution in [0.25, 0.3) is 22.2 Å². The van der Waals surface area contributed by atoms with Crippen molar-refractivity contribution < 1.29 is 18.7 Å². The number of pyridine rings is 1. The lowest BCUT2D eigenvalue weighted by Crippen LogP contribution is -2.18. The van der Waals surface area contributed by atoms with Crippen molar-refractivity contribution in [3.05, 3.63) is 114 Å². The van der Waals surface area contributed by atoms with Crippen LogP contribution in [0.1, 0.15) is 34.2 Å². The number of fused-ring (bicyclic) bond motifs is 1. The van der Waals surface area contributed by atoms with Crippen LogP contribution in [0.15, 0.2) is 101 Å². The number of benzene rings is 3. The molecule has 2 aromatic heterocycles. The standard InChI is InChI=1S/C32H29N3O4S/c1-3-38-25-9-6-8-23(17-25)30-18-28(27-11-4-5-12-29(27)34-30)32(36)35-33-19-22-13-14-31(37-2)24(16-22)20-40-21-26-10-7-15-39-26/h4-19H,3,20-21H2,1-2H3,(H,35,36)/b33-19-. The van der Waals surface area contributed by atoms with Crippen molar-refractivity contribution in [1.29, 1.82) is 0 Å². The summed E-state index contributed by atoms with van der Waals surface area (Å²) in [5, 5.41) is 5.01. The quantitative estimate of drug-likeness (QED) is 0.139. The molecule has 0 fully saturated rings. The number of thioether (sulfide) groups is 1. The van der Waals surface area contributed by atoms with E-state index in [1.165, 1.54) is 0 Å². The fourth-order valence-corrected chi connectivity index (χ4v) is 5.21. The van der Waals surface area contributed by atoms with Crippen molar-refractivity contribution in [3.63, 3.8) is 0 Å². The Labute approximate surface area is 237 Å². The maximum Gasteiger partial charge on any atom is 0.272 e. The van der Waals surface area contributed by atoms with E-state index >= 15 is 0 Å². The summed E-state index contributed by atoms with van der Waals surface area (Å²) in [6.45, 7) is 2.51. The van der Waals surface area contributed by atoms with Crippen LogP contribution in [-0.2, 0) is 11.5 Å². The van der Waals surface area contributed by atoms with E-state index in [0.29, 0.717) is 17.9 Å². The number of hydrazone groups is 1. The highest BCUT2D eigenvalue weighted by Gasteiger charge is 2.14. The first-order valence-corrected chi connectivity index (χ1v) is 14.0. The first-order chi connectivity index (χ1) is 19.6. The Morgan fingerprint density at radius 1 is 1.02 bits per heavy atom. The van der Waals surface area contributed by atoms with Crippen LogP contribution in [0, 0.1) is 0 Å². The lowest BCUT2D eigenvalue weighted by atomic mass is 10.0. The molecular weight excluding hydrogens is 522 g/mol. The summed E-state index contributed by atoms with van der Waals surface area (Å²) in [5.74, 6) is 3.68. The molecule has 0 spiro atoms. The van der Waals surface area contributed by atoms with E-state index in [-0.39, 0.29) is 5.91 Å². The molecule has 5 aromatic rings. The third-order valence-corrected chi connectivity index (χ3v) is 7.17. The molecular formula is C32H29N3O4S. The molecule has 3 aromatic carbocycles. The van der Waals surface area contributed by atoms with Gasteiger partial charge in [0.25, 0.3) is 5.91 Å². The molecule has 0 radical (unpaired) electrons. The van der Waals surface area contributed by atoms with E-state index in [1.807, 2.05) is 85.8 Å². The summed E-state index contributed by atoms with van der Waals surface area (Å²) in [5.41, 5.74) is 7.34. The van der Waals surface area contributed by atoms with Gasteiger partial charge in [-0.25, -0.2) is 10.4 Å². The number of nitrogens with zero attached hydrogens (tertiary/aromatic N) is 2. The number of furan rings is 1. The molecule has 0 saturated heterocycles. The Hall–Kier alpha value is -4.56. The smallest absolute Gasteiger partial charge is 0.272 e. The molecule has 0 bridgehead atoms. The first kappa shape index (κ1) is 27.0. The van der Waals surface area contributed by atoms with E-state index < -0.39 is 0 Å². The Morgan fingerprint density at radius 3 is 2.75 bits per heavy atom. The monoisotopic (exact) mass is 551 g/mol. The van der Waals surface area contributed by atoms with E-state index in [2.05, 4.69) is 10.5 Å². The molecule has 8 heteroatoms. The highest BCUT2D eigenvalue weighted by molar-refractivity contribution is 7.97. The van der Waals surface area contributed by atoms with Crippen LogP contribution in [0.3, 0.4) is 0 Å². The van der Waals surface area contributed by atoms with E-state index in [9.17, 15) is 4.79 Å². The van der Waals surface area contributed by atoms with Gasteiger partial charge >= 0.3 is 0 Å². The number of aromatic nitrogens is 1. The number of carbonyl (C=O) groups is 1. The van der Waals surface area contributed by atoms with Gasteiger partial charge in [0.2, 0.25) is 0 Å². The molecule has 202 valence electrons. The van der Waals surface area contributed by atoms with Crippen molar-refractivity contribution in [2.75, 3.05) is 13.7 Å². The van der Waals surface area contributed by atoms with Crippen LogP contribution in [0.4, 0.5) is 0 Å². The zero-order valence-corrected chi connectivity index (χ0v) is 23.1. The van der Waals surface area contributed by atoms with Crippen LogP contribution < -0.4 is 14.9 Å². The number of ether oxygens (including phenoxy) is 2. The number of hydrogen-bond acceptors (Lipinski definition) is 7. The van der Waals surface area contributed by atoms with Crippen LogP contribution >= 0.6 is 11.8 Å². The molecule has 7 nitrogen and oxygen atoms in total. The van der Waals surface area contributed by atoms with Gasteiger partial charge in [0.15, 0.2) is 0 Å². The molecule has 0 aliphatic rings. The first-order valence-electron chi connectivity index (χ1n) is 12.9. The number of rotatable bonds is 11. The molecule has 1 amide bonds. The zero-order valence-electron chi connectivity index (χ0n) is 22.3. The summed E-state index contributed by atoms with van der Waals surface area (Å²) in [4.78, 5) is 18.1. The second-order valence-electron chi connectivity index (χ2n) is 8.88. The Bertz CT molecular complexity index is 1630. The lowest BCUT2D eigenvalue weighted by Gasteiger charge is -2.10. The molecule has 0 unspecified atom stereocenters. The maximum absolute atomic E-state index is 13.3. The number of nitrogens with one attached hydrogen (secondary N) is 1. The molecule has 0 atom stereocenters. The molecule has 2 heterocycles. The van der Waals surface area contributed by atoms with Crippen molar-refractivity contribution in [2.24, 2.45) is 5.10 Å². The van der Waals surface area contributed by atoms with Crippen LogP contribution in [0.2, 0.25) is 0 Å².